The van der Waals surface area contributed by atoms with E-state index in [4.69, 9.17) is 0 Å². The highest BCUT2D eigenvalue weighted by Crippen LogP contribution is 2.25. The molecule has 1 aliphatic rings. The Labute approximate surface area is 108 Å². The molecule has 0 aliphatic heterocycles. The average molecular weight is 253 g/mol. The Bertz CT molecular complexity index is 306. The quantitative estimate of drug-likeness (QED) is 0.842. The van der Waals surface area contributed by atoms with E-state index in [0.717, 1.165) is 11.3 Å². The molecular weight excluding hydrogens is 230 g/mol. The summed E-state index contributed by atoms with van der Waals surface area (Å²) in [6.07, 6.45) is 7.23. The highest BCUT2D eigenvalue weighted by Gasteiger charge is 2.23. The molecule has 1 fully saturated rings. The molecule has 2 rings (SSSR count). The average Bonchev–Trinajstić information content (AvgIpc) is 2.90. The molecule has 96 valence electrons. The van der Waals surface area contributed by atoms with Crippen molar-refractivity contribution in [2.75, 3.05) is 0 Å². The van der Waals surface area contributed by atoms with Crippen LogP contribution in [0.15, 0.2) is 17.5 Å². The van der Waals surface area contributed by atoms with E-state index in [1.165, 1.54) is 32.1 Å². The van der Waals surface area contributed by atoms with Gasteiger partial charge < -0.3 is 10.4 Å². The number of hydrogen-bond donors (Lipinski definition) is 2. The van der Waals surface area contributed by atoms with Crippen molar-refractivity contribution in [2.24, 2.45) is 0 Å². The summed E-state index contributed by atoms with van der Waals surface area (Å²) < 4.78 is 0. The fourth-order valence-corrected chi connectivity index (χ4v) is 3.44. The molecule has 17 heavy (non-hydrogen) atoms. The Morgan fingerprint density at radius 2 is 2.18 bits per heavy atom. The standard InChI is InChI=1S/C14H23NOS/c1-2-12(14(16)13-9-6-10-17-13)15-11-7-4-3-5-8-11/h6,9-12,14-16H,2-5,7-8H2,1H3. The Balaban J connectivity index is 1.91. The second-order valence-corrected chi connectivity index (χ2v) is 5.96. The van der Waals surface area contributed by atoms with Gasteiger partial charge in [-0.1, -0.05) is 32.3 Å². The molecule has 1 aliphatic carbocycles. The Morgan fingerprint density at radius 1 is 1.41 bits per heavy atom. The van der Waals surface area contributed by atoms with Gasteiger partial charge in [0.05, 0.1) is 0 Å². The summed E-state index contributed by atoms with van der Waals surface area (Å²) in [7, 11) is 0. The van der Waals surface area contributed by atoms with Crippen molar-refractivity contribution in [3.63, 3.8) is 0 Å². The first-order valence-corrected chi connectivity index (χ1v) is 7.66. The van der Waals surface area contributed by atoms with Gasteiger partial charge in [0.15, 0.2) is 0 Å². The van der Waals surface area contributed by atoms with Crippen LogP contribution in [0, 0.1) is 0 Å². The highest BCUT2D eigenvalue weighted by molar-refractivity contribution is 7.10. The van der Waals surface area contributed by atoms with Crippen molar-refractivity contribution in [3.8, 4) is 0 Å². The maximum atomic E-state index is 10.3. The highest BCUT2D eigenvalue weighted by atomic mass is 32.1. The van der Waals surface area contributed by atoms with Crippen LogP contribution in [0.1, 0.15) is 56.4 Å². The molecule has 2 N–H and O–H groups in total. The SMILES string of the molecule is CCC(NC1CCCCC1)C(O)c1cccs1. The Morgan fingerprint density at radius 3 is 2.76 bits per heavy atom. The summed E-state index contributed by atoms with van der Waals surface area (Å²) in [6.45, 7) is 2.15. The molecule has 2 atom stereocenters. The third kappa shape index (κ3) is 3.54. The van der Waals surface area contributed by atoms with Crippen LogP contribution in [0.5, 0.6) is 0 Å². The van der Waals surface area contributed by atoms with Gasteiger partial charge in [-0.3, -0.25) is 0 Å². The first-order valence-electron chi connectivity index (χ1n) is 6.78. The van der Waals surface area contributed by atoms with Crippen LogP contribution in [0.4, 0.5) is 0 Å². The number of aliphatic hydroxyl groups excluding tert-OH is 1. The molecule has 0 amide bonds. The van der Waals surface area contributed by atoms with E-state index in [2.05, 4.69) is 12.2 Å². The largest absolute Gasteiger partial charge is 0.386 e. The third-order valence-corrected chi connectivity index (χ3v) is 4.65. The van der Waals surface area contributed by atoms with E-state index in [-0.39, 0.29) is 12.1 Å². The molecule has 1 saturated carbocycles. The second kappa shape index (κ2) is 6.53. The third-order valence-electron chi connectivity index (χ3n) is 3.71. The summed E-state index contributed by atoms with van der Waals surface area (Å²) >= 11 is 1.65. The van der Waals surface area contributed by atoms with Gasteiger partial charge in [0.25, 0.3) is 0 Å². The fraction of sp³-hybridized carbons (Fsp3) is 0.714. The van der Waals surface area contributed by atoms with Gasteiger partial charge in [-0.15, -0.1) is 11.3 Å². The van der Waals surface area contributed by atoms with E-state index in [1.54, 1.807) is 11.3 Å². The molecule has 0 bridgehead atoms. The van der Waals surface area contributed by atoms with Crippen LogP contribution in [0.25, 0.3) is 0 Å². The van der Waals surface area contributed by atoms with Gasteiger partial charge >= 0.3 is 0 Å². The predicted octanol–water partition coefficient (Wildman–Crippen LogP) is 3.48. The molecular formula is C14H23NOS. The molecule has 1 heterocycles. The minimum absolute atomic E-state index is 0.205. The molecule has 0 spiro atoms. The summed E-state index contributed by atoms with van der Waals surface area (Å²) in [6, 6.07) is 4.86. The monoisotopic (exact) mass is 253 g/mol. The lowest BCUT2D eigenvalue weighted by Gasteiger charge is -2.30. The van der Waals surface area contributed by atoms with Crippen LogP contribution in [0.2, 0.25) is 0 Å². The van der Waals surface area contributed by atoms with Crippen molar-refractivity contribution in [2.45, 2.75) is 63.6 Å². The van der Waals surface area contributed by atoms with Crippen molar-refractivity contribution in [3.05, 3.63) is 22.4 Å². The van der Waals surface area contributed by atoms with Crippen LogP contribution in [0.3, 0.4) is 0 Å². The zero-order valence-corrected chi connectivity index (χ0v) is 11.4. The van der Waals surface area contributed by atoms with E-state index < -0.39 is 0 Å². The number of rotatable bonds is 5. The zero-order chi connectivity index (χ0) is 12.1. The second-order valence-electron chi connectivity index (χ2n) is 4.98. The molecule has 0 aromatic carbocycles. The lowest BCUT2D eigenvalue weighted by molar-refractivity contribution is 0.117. The normalized spacial score (nSPS) is 21.3. The van der Waals surface area contributed by atoms with E-state index >= 15 is 0 Å². The molecule has 0 saturated heterocycles. The summed E-state index contributed by atoms with van der Waals surface area (Å²) in [5, 5.41) is 16.0. The van der Waals surface area contributed by atoms with Crippen LogP contribution in [-0.2, 0) is 0 Å². The lowest BCUT2D eigenvalue weighted by atomic mass is 9.93. The lowest BCUT2D eigenvalue weighted by Crippen LogP contribution is -2.42. The molecule has 2 unspecified atom stereocenters. The van der Waals surface area contributed by atoms with Gasteiger partial charge in [-0.2, -0.15) is 0 Å². The minimum atomic E-state index is -0.345. The molecule has 1 aromatic heterocycles. The van der Waals surface area contributed by atoms with Gasteiger partial charge in [0.1, 0.15) is 6.10 Å². The molecule has 0 radical (unpaired) electrons. The molecule has 1 aromatic rings. The van der Waals surface area contributed by atoms with Crippen molar-refractivity contribution >= 4 is 11.3 Å². The topological polar surface area (TPSA) is 32.3 Å². The van der Waals surface area contributed by atoms with Gasteiger partial charge in [-0.25, -0.2) is 0 Å². The number of hydrogen-bond acceptors (Lipinski definition) is 3. The molecule has 2 nitrogen and oxygen atoms in total. The van der Waals surface area contributed by atoms with Crippen LogP contribution in [-0.4, -0.2) is 17.2 Å². The zero-order valence-electron chi connectivity index (χ0n) is 10.6. The maximum absolute atomic E-state index is 10.3. The Kier molecular flexibility index (Phi) is 5.01. The molecule has 3 heteroatoms. The van der Waals surface area contributed by atoms with Gasteiger partial charge in [0, 0.05) is 17.0 Å². The first kappa shape index (κ1) is 13.1. The van der Waals surface area contributed by atoms with Crippen molar-refractivity contribution in [1.82, 2.24) is 5.32 Å². The summed E-state index contributed by atoms with van der Waals surface area (Å²) in [4.78, 5) is 1.08. The number of nitrogens with one attached hydrogen (secondary N) is 1. The smallest absolute Gasteiger partial charge is 0.103 e. The fourth-order valence-electron chi connectivity index (χ4n) is 2.66. The van der Waals surface area contributed by atoms with Gasteiger partial charge in [0.2, 0.25) is 0 Å². The maximum Gasteiger partial charge on any atom is 0.103 e. The van der Waals surface area contributed by atoms with Crippen molar-refractivity contribution in [1.29, 1.82) is 0 Å². The van der Waals surface area contributed by atoms with E-state index in [1.807, 2.05) is 17.5 Å². The number of thiophene rings is 1. The van der Waals surface area contributed by atoms with Crippen LogP contribution < -0.4 is 5.32 Å². The number of aliphatic hydroxyl groups is 1. The van der Waals surface area contributed by atoms with E-state index in [9.17, 15) is 5.11 Å². The Hall–Kier alpha value is -0.380. The van der Waals surface area contributed by atoms with Gasteiger partial charge in [-0.05, 0) is 30.7 Å². The van der Waals surface area contributed by atoms with Crippen molar-refractivity contribution < 1.29 is 5.11 Å². The minimum Gasteiger partial charge on any atom is -0.386 e. The summed E-state index contributed by atoms with van der Waals surface area (Å²) in [5.41, 5.74) is 0. The van der Waals surface area contributed by atoms with E-state index in [0.29, 0.717) is 6.04 Å². The summed E-state index contributed by atoms with van der Waals surface area (Å²) in [5.74, 6) is 0. The predicted molar refractivity (Wildman–Crippen MR) is 73.4 cm³/mol. The van der Waals surface area contributed by atoms with Crippen LogP contribution >= 0.6 is 11.3 Å². The first-order chi connectivity index (χ1) is 8.31.